The summed E-state index contributed by atoms with van der Waals surface area (Å²) in [7, 11) is 0. The SMILES string of the molecule is CCN1C(C)=C(C(=O)O)C(CC)(c2ccc(-c3cc(C(F)(F)F)cc(C(F)(F)F)c3)o2)C(C(=O)O)=C1C. The summed E-state index contributed by atoms with van der Waals surface area (Å²) in [5.74, 6) is -3.54. The zero-order valence-corrected chi connectivity index (χ0v) is 20.1. The number of furan rings is 1. The van der Waals surface area contributed by atoms with E-state index >= 15 is 0 Å². The van der Waals surface area contributed by atoms with Gasteiger partial charge in [-0.15, -0.1) is 0 Å². The van der Waals surface area contributed by atoms with E-state index in [1.54, 1.807) is 6.92 Å². The molecule has 0 bridgehead atoms. The van der Waals surface area contributed by atoms with E-state index in [0.29, 0.717) is 12.1 Å². The summed E-state index contributed by atoms with van der Waals surface area (Å²) >= 11 is 0. The Morgan fingerprint density at radius 3 is 1.68 bits per heavy atom. The van der Waals surface area contributed by atoms with Crippen molar-refractivity contribution in [3.8, 4) is 11.3 Å². The minimum absolute atomic E-state index is 0.0232. The van der Waals surface area contributed by atoms with Gasteiger partial charge in [0.1, 0.15) is 11.5 Å². The van der Waals surface area contributed by atoms with Crippen LogP contribution in [0.15, 0.2) is 57.3 Å². The van der Waals surface area contributed by atoms with Crippen molar-refractivity contribution in [1.82, 2.24) is 4.90 Å². The second-order valence-corrected chi connectivity index (χ2v) is 8.49. The van der Waals surface area contributed by atoms with Crippen molar-refractivity contribution in [2.75, 3.05) is 6.54 Å². The Morgan fingerprint density at radius 1 is 0.865 bits per heavy atom. The van der Waals surface area contributed by atoms with Crippen molar-refractivity contribution in [3.63, 3.8) is 0 Å². The third kappa shape index (κ3) is 4.60. The van der Waals surface area contributed by atoms with Crippen molar-refractivity contribution < 1.29 is 50.6 Å². The lowest BCUT2D eigenvalue weighted by Crippen LogP contribution is -2.45. The maximum absolute atomic E-state index is 13.4. The molecule has 12 heteroatoms. The molecule has 1 aromatic heterocycles. The monoisotopic (exact) mass is 531 g/mol. The Balaban J connectivity index is 2.34. The van der Waals surface area contributed by atoms with Gasteiger partial charge in [-0.25, -0.2) is 9.59 Å². The number of carbonyl (C=O) groups is 2. The molecular weight excluding hydrogens is 508 g/mol. The molecule has 37 heavy (non-hydrogen) atoms. The highest BCUT2D eigenvalue weighted by atomic mass is 19.4. The highest BCUT2D eigenvalue weighted by Crippen LogP contribution is 2.51. The molecule has 200 valence electrons. The molecule has 0 spiro atoms. The molecule has 1 aromatic carbocycles. The minimum Gasteiger partial charge on any atom is -0.478 e. The molecule has 0 radical (unpaired) electrons. The lowest BCUT2D eigenvalue weighted by molar-refractivity contribution is -0.143. The number of carboxylic acids is 2. The Kier molecular flexibility index (Phi) is 7.02. The minimum atomic E-state index is -5.09. The molecule has 0 saturated heterocycles. The van der Waals surface area contributed by atoms with E-state index in [-0.39, 0.29) is 47.3 Å². The van der Waals surface area contributed by atoms with Gasteiger partial charge < -0.3 is 19.5 Å². The first-order valence-corrected chi connectivity index (χ1v) is 11.1. The average Bonchev–Trinajstić information content (AvgIpc) is 3.27. The summed E-state index contributed by atoms with van der Waals surface area (Å²) in [6.45, 7) is 6.44. The van der Waals surface area contributed by atoms with Crippen LogP contribution in [0, 0.1) is 0 Å². The second kappa shape index (κ2) is 9.31. The maximum Gasteiger partial charge on any atom is 0.416 e. The third-order valence-corrected chi connectivity index (χ3v) is 6.56. The molecule has 2 N–H and O–H groups in total. The van der Waals surface area contributed by atoms with E-state index in [4.69, 9.17) is 4.42 Å². The fourth-order valence-corrected chi connectivity index (χ4v) is 5.01. The summed E-state index contributed by atoms with van der Waals surface area (Å²) in [5.41, 5.74) is -5.71. The van der Waals surface area contributed by atoms with Gasteiger partial charge in [0.05, 0.1) is 27.7 Å². The molecule has 2 aromatic rings. The van der Waals surface area contributed by atoms with Crippen LogP contribution >= 0.6 is 0 Å². The van der Waals surface area contributed by atoms with Crippen molar-refractivity contribution in [3.05, 3.63) is 69.8 Å². The molecule has 0 unspecified atom stereocenters. The molecule has 0 atom stereocenters. The highest BCUT2D eigenvalue weighted by Gasteiger charge is 2.52. The lowest BCUT2D eigenvalue weighted by Gasteiger charge is -2.42. The van der Waals surface area contributed by atoms with Gasteiger partial charge in [0.15, 0.2) is 0 Å². The zero-order chi connectivity index (χ0) is 28.1. The highest BCUT2D eigenvalue weighted by molar-refractivity contribution is 6.00. The predicted molar refractivity (Wildman–Crippen MR) is 119 cm³/mol. The van der Waals surface area contributed by atoms with E-state index < -0.39 is 52.2 Å². The number of hydrogen-bond acceptors (Lipinski definition) is 4. The van der Waals surface area contributed by atoms with Crippen molar-refractivity contribution in [2.45, 2.75) is 51.9 Å². The summed E-state index contributed by atoms with van der Waals surface area (Å²) in [6.07, 6.45) is -10.3. The number of carboxylic acid groups (broad SMARTS) is 2. The van der Waals surface area contributed by atoms with Gasteiger partial charge in [-0.2, -0.15) is 26.3 Å². The average molecular weight is 531 g/mol. The number of alkyl halides is 6. The van der Waals surface area contributed by atoms with E-state index in [9.17, 15) is 46.1 Å². The summed E-state index contributed by atoms with van der Waals surface area (Å²) in [5, 5.41) is 20.2. The number of benzene rings is 1. The number of hydrogen-bond donors (Lipinski definition) is 2. The van der Waals surface area contributed by atoms with Crippen LogP contribution in [0.4, 0.5) is 26.3 Å². The van der Waals surface area contributed by atoms with Crippen LogP contribution in [0.3, 0.4) is 0 Å². The Hall–Kier alpha value is -3.70. The van der Waals surface area contributed by atoms with Crippen LogP contribution in [0.25, 0.3) is 11.3 Å². The largest absolute Gasteiger partial charge is 0.478 e. The number of halogens is 6. The number of nitrogens with zero attached hydrogens (tertiary/aromatic N) is 1. The molecule has 2 heterocycles. The molecule has 0 saturated carbocycles. The van der Waals surface area contributed by atoms with Crippen molar-refractivity contribution >= 4 is 11.9 Å². The number of rotatable bonds is 6. The number of allylic oxidation sites excluding steroid dienone is 2. The van der Waals surface area contributed by atoms with Crippen molar-refractivity contribution in [1.29, 1.82) is 0 Å². The van der Waals surface area contributed by atoms with E-state index in [2.05, 4.69) is 0 Å². The molecular formula is C25H23F6NO5. The van der Waals surface area contributed by atoms with E-state index in [1.165, 1.54) is 31.7 Å². The summed E-state index contributed by atoms with van der Waals surface area (Å²) in [6, 6.07) is 3.21. The molecule has 0 fully saturated rings. The van der Waals surface area contributed by atoms with Gasteiger partial charge in [-0.3, -0.25) is 0 Å². The smallest absolute Gasteiger partial charge is 0.416 e. The predicted octanol–water partition coefficient (Wildman–Crippen LogP) is 6.68. The quantitative estimate of drug-likeness (QED) is 0.404. The number of aliphatic carboxylic acids is 2. The topological polar surface area (TPSA) is 91.0 Å². The standard InChI is InChI=1S/C25H23F6NO5/c1-5-23(19(21(33)34)12(3)32(6-2)13(4)20(23)22(35)36)18-8-7-17(37-18)14-9-15(24(26,27)28)11-16(10-14)25(29,30)31/h7-11H,5-6H2,1-4H3,(H,33,34)(H,35,36). The zero-order valence-electron chi connectivity index (χ0n) is 20.1. The van der Waals surface area contributed by atoms with Crippen molar-refractivity contribution in [2.24, 2.45) is 0 Å². The summed E-state index contributed by atoms with van der Waals surface area (Å²) < 4.78 is 85.8. The van der Waals surface area contributed by atoms with Gasteiger partial charge in [-0.1, -0.05) is 6.92 Å². The van der Waals surface area contributed by atoms with Gasteiger partial charge in [-0.05, 0) is 57.5 Å². The van der Waals surface area contributed by atoms with Gasteiger partial charge in [0.25, 0.3) is 0 Å². The van der Waals surface area contributed by atoms with Gasteiger partial charge >= 0.3 is 24.3 Å². The Bertz CT molecular complexity index is 1250. The van der Waals surface area contributed by atoms with Crippen LogP contribution in [-0.2, 0) is 27.4 Å². The maximum atomic E-state index is 13.4. The van der Waals surface area contributed by atoms with Crippen LogP contribution in [0.2, 0.25) is 0 Å². The Labute approximate surface area is 207 Å². The van der Waals surface area contributed by atoms with E-state index in [1.807, 2.05) is 0 Å². The molecule has 0 aliphatic carbocycles. The normalized spacial score (nSPS) is 16.4. The first kappa shape index (κ1) is 27.9. The van der Waals surface area contributed by atoms with Crippen LogP contribution in [0.1, 0.15) is 51.0 Å². The summed E-state index contributed by atoms with van der Waals surface area (Å²) in [4.78, 5) is 26.4. The lowest BCUT2D eigenvalue weighted by atomic mass is 9.66. The first-order valence-electron chi connectivity index (χ1n) is 11.1. The fraction of sp³-hybridized carbons (Fsp3) is 0.360. The van der Waals surface area contributed by atoms with Crippen LogP contribution in [-0.4, -0.2) is 33.6 Å². The molecule has 6 nitrogen and oxygen atoms in total. The fourth-order valence-electron chi connectivity index (χ4n) is 5.01. The third-order valence-electron chi connectivity index (χ3n) is 6.56. The Morgan fingerprint density at radius 2 is 1.32 bits per heavy atom. The molecule has 1 aliphatic heterocycles. The van der Waals surface area contributed by atoms with Gasteiger partial charge in [0, 0.05) is 23.5 Å². The van der Waals surface area contributed by atoms with Crippen LogP contribution < -0.4 is 0 Å². The molecule has 0 amide bonds. The molecule has 1 aliphatic rings. The van der Waals surface area contributed by atoms with Crippen LogP contribution in [0.5, 0.6) is 0 Å². The van der Waals surface area contributed by atoms with Gasteiger partial charge in [0.2, 0.25) is 0 Å². The first-order chi connectivity index (χ1) is 17.0. The van der Waals surface area contributed by atoms with E-state index in [0.717, 1.165) is 6.07 Å². The second-order valence-electron chi connectivity index (χ2n) is 8.49. The molecule has 3 rings (SSSR count).